The summed E-state index contributed by atoms with van der Waals surface area (Å²) in [6.45, 7) is 2.24. The van der Waals surface area contributed by atoms with Crippen LogP contribution in [0.15, 0.2) is 12.4 Å². The van der Waals surface area contributed by atoms with E-state index >= 15 is 0 Å². The fraction of sp³-hybridized carbons (Fsp3) is 0.700. The molecular formula is C10H20N2O4S. The number of hydrogen-bond donors (Lipinski definition) is 2. The molecular weight excluding hydrogens is 244 g/mol. The lowest BCUT2D eigenvalue weighted by molar-refractivity contribution is 0.381. The largest absolute Gasteiger partial charge is 0.394 e. The molecule has 0 aromatic carbocycles. The Morgan fingerprint density at radius 2 is 1.88 bits per heavy atom. The summed E-state index contributed by atoms with van der Waals surface area (Å²) in [5.74, 6) is 1.21. The molecule has 17 heavy (non-hydrogen) atoms. The molecule has 2 N–H and O–H groups in total. The van der Waals surface area contributed by atoms with Crippen molar-refractivity contribution in [2.24, 2.45) is 7.05 Å². The lowest BCUT2D eigenvalue weighted by atomic mass is 10.1. The molecule has 0 unspecified atom stereocenters. The summed E-state index contributed by atoms with van der Waals surface area (Å²) < 4.78 is 33.7. The summed E-state index contributed by atoms with van der Waals surface area (Å²) in [6.07, 6.45) is 10.3. The van der Waals surface area contributed by atoms with Gasteiger partial charge in [0.25, 0.3) is 0 Å². The second-order valence-corrected chi connectivity index (χ2v) is 4.61. The Hall–Kier alpha value is -0.920. The molecule has 0 aliphatic carbocycles. The predicted octanol–water partition coefficient (Wildman–Crippen LogP) is 1.89. The maximum Gasteiger partial charge on any atom is 0.394 e. The maximum absolute atomic E-state index is 8.74. The molecule has 0 atom stereocenters. The highest BCUT2D eigenvalue weighted by Gasteiger charge is 1.97. The highest BCUT2D eigenvalue weighted by molar-refractivity contribution is 7.79. The number of rotatable bonds is 5. The first-order valence-electron chi connectivity index (χ1n) is 5.50. The summed E-state index contributed by atoms with van der Waals surface area (Å²) in [5.41, 5.74) is 0. The third kappa shape index (κ3) is 11.3. The van der Waals surface area contributed by atoms with Gasteiger partial charge in [0.05, 0.1) is 0 Å². The van der Waals surface area contributed by atoms with Crippen LogP contribution in [0, 0.1) is 0 Å². The minimum Gasteiger partial charge on any atom is -0.338 e. The van der Waals surface area contributed by atoms with Crippen molar-refractivity contribution in [2.45, 2.75) is 39.0 Å². The Morgan fingerprint density at radius 3 is 2.29 bits per heavy atom. The van der Waals surface area contributed by atoms with Gasteiger partial charge >= 0.3 is 10.4 Å². The zero-order valence-electron chi connectivity index (χ0n) is 10.2. The van der Waals surface area contributed by atoms with Crippen molar-refractivity contribution in [3.05, 3.63) is 18.2 Å². The van der Waals surface area contributed by atoms with Crippen molar-refractivity contribution in [3.8, 4) is 0 Å². The van der Waals surface area contributed by atoms with Crippen LogP contribution in [0.1, 0.15) is 38.4 Å². The predicted molar refractivity (Wildman–Crippen MR) is 65.2 cm³/mol. The van der Waals surface area contributed by atoms with E-state index in [9.17, 15) is 0 Å². The number of aryl methyl sites for hydroxylation is 2. The molecule has 1 rings (SSSR count). The quantitative estimate of drug-likeness (QED) is 0.626. The fourth-order valence-electron chi connectivity index (χ4n) is 1.35. The SMILES string of the molecule is CCCCCCc1nccn1C.O=S(=O)(O)O. The number of aromatic nitrogens is 2. The highest BCUT2D eigenvalue weighted by atomic mass is 32.3. The second-order valence-electron chi connectivity index (χ2n) is 3.71. The Kier molecular flexibility index (Phi) is 7.77. The van der Waals surface area contributed by atoms with Gasteiger partial charge in [0.15, 0.2) is 0 Å². The van der Waals surface area contributed by atoms with Gasteiger partial charge in [0.2, 0.25) is 0 Å². The maximum atomic E-state index is 8.74. The minimum atomic E-state index is -4.67. The van der Waals surface area contributed by atoms with E-state index in [-0.39, 0.29) is 0 Å². The molecule has 100 valence electrons. The van der Waals surface area contributed by atoms with Gasteiger partial charge in [-0.15, -0.1) is 0 Å². The number of nitrogens with zero attached hydrogens (tertiary/aromatic N) is 2. The first-order chi connectivity index (χ1) is 7.84. The van der Waals surface area contributed by atoms with E-state index in [1.807, 2.05) is 12.4 Å². The van der Waals surface area contributed by atoms with E-state index in [0.29, 0.717) is 0 Å². The third-order valence-corrected chi connectivity index (χ3v) is 2.17. The molecule has 7 heteroatoms. The normalized spacial score (nSPS) is 10.8. The van der Waals surface area contributed by atoms with Crippen LogP contribution < -0.4 is 0 Å². The molecule has 1 aromatic rings. The third-order valence-electron chi connectivity index (χ3n) is 2.17. The van der Waals surface area contributed by atoms with Gasteiger partial charge in [-0.1, -0.05) is 26.2 Å². The molecule has 0 saturated heterocycles. The average molecular weight is 264 g/mol. The Labute approximate surface area is 102 Å². The fourth-order valence-corrected chi connectivity index (χ4v) is 1.35. The van der Waals surface area contributed by atoms with E-state index in [1.165, 1.54) is 31.5 Å². The van der Waals surface area contributed by atoms with Crippen molar-refractivity contribution in [1.29, 1.82) is 0 Å². The Balaban J connectivity index is 0.000000437. The minimum absolute atomic E-state index is 1.13. The molecule has 0 aliphatic heterocycles. The van der Waals surface area contributed by atoms with E-state index in [4.69, 9.17) is 17.5 Å². The van der Waals surface area contributed by atoms with E-state index in [0.717, 1.165) is 6.42 Å². The number of unbranched alkanes of at least 4 members (excludes halogenated alkanes) is 3. The van der Waals surface area contributed by atoms with Crippen molar-refractivity contribution in [2.75, 3.05) is 0 Å². The topological polar surface area (TPSA) is 92.4 Å². The summed E-state index contributed by atoms with van der Waals surface area (Å²) >= 11 is 0. The highest BCUT2D eigenvalue weighted by Crippen LogP contribution is 2.04. The van der Waals surface area contributed by atoms with Crippen LogP contribution in [0.25, 0.3) is 0 Å². The molecule has 0 bridgehead atoms. The van der Waals surface area contributed by atoms with Crippen LogP contribution in [-0.4, -0.2) is 27.1 Å². The summed E-state index contributed by atoms with van der Waals surface area (Å²) in [5, 5.41) is 0. The lowest BCUT2D eigenvalue weighted by Gasteiger charge is -2.00. The van der Waals surface area contributed by atoms with Gasteiger partial charge in [0, 0.05) is 25.9 Å². The zero-order chi connectivity index (χ0) is 13.3. The molecule has 1 aromatic heterocycles. The van der Waals surface area contributed by atoms with Crippen LogP contribution in [0.5, 0.6) is 0 Å². The monoisotopic (exact) mass is 264 g/mol. The van der Waals surface area contributed by atoms with Crippen LogP contribution in [0.4, 0.5) is 0 Å². The van der Waals surface area contributed by atoms with Gasteiger partial charge in [0.1, 0.15) is 5.82 Å². The molecule has 0 aliphatic rings. The standard InChI is InChI=1S/C10H18N2.H2O4S/c1-3-4-5-6-7-10-11-8-9-12(10)2;1-5(2,3)4/h8-9H,3-7H2,1-2H3;(H2,1,2,3,4). The Bertz CT molecular complexity index is 392. The summed E-state index contributed by atoms with van der Waals surface area (Å²) in [7, 11) is -2.61. The summed E-state index contributed by atoms with van der Waals surface area (Å²) in [6, 6.07) is 0. The molecule has 0 radical (unpaired) electrons. The average Bonchev–Trinajstić information content (AvgIpc) is 2.57. The lowest BCUT2D eigenvalue weighted by Crippen LogP contribution is -1.96. The number of imidazole rings is 1. The summed E-state index contributed by atoms with van der Waals surface area (Å²) in [4.78, 5) is 4.28. The van der Waals surface area contributed by atoms with Crippen molar-refractivity contribution in [1.82, 2.24) is 9.55 Å². The van der Waals surface area contributed by atoms with E-state index < -0.39 is 10.4 Å². The van der Waals surface area contributed by atoms with Gasteiger partial charge < -0.3 is 4.57 Å². The van der Waals surface area contributed by atoms with Gasteiger partial charge in [-0.25, -0.2) is 4.98 Å². The van der Waals surface area contributed by atoms with Crippen LogP contribution in [-0.2, 0) is 23.9 Å². The molecule has 0 fully saturated rings. The van der Waals surface area contributed by atoms with Crippen molar-refractivity contribution < 1.29 is 17.5 Å². The van der Waals surface area contributed by atoms with E-state index in [2.05, 4.69) is 23.5 Å². The van der Waals surface area contributed by atoms with Crippen LogP contribution in [0.3, 0.4) is 0 Å². The van der Waals surface area contributed by atoms with Crippen molar-refractivity contribution >= 4 is 10.4 Å². The van der Waals surface area contributed by atoms with E-state index in [1.54, 1.807) is 0 Å². The first-order valence-corrected chi connectivity index (χ1v) is 6.90. The van der Waals surface area contributed by atoms with Gasteiger partial charge in [-0.3, -0.25) is 9.11 Å². The molecule has 0 saturated carbocycles. The second kappa shape index (κ2) is 8.21. The Morgan fingerprint density at radius 1 is 1.29 bits per heavy atom. The molecule has 0 amide bonds. The zero-order valence-corrected chi connectivity index (χ0v) is 11.0. The first kappa shape index (κ1) is 16.1. The van der Waals surface area contributed by atoms with Crippen molar-refractivity contribution in [3.63, 3.8) is 0 Å². The smallest absolute Gasteiger partial charge is 0.338 e. The molecule has 6 nitrogen and oxygen atoms in total. The van der Waals surface area contributed by atoms with Gasteiger partial charge in [-0.05, 0) is 6.42 Å². The van der Waals surface area contributed by atoms with Gasteiger partial charge in [-0.2, -0.15) is 8.42 Å². The number of hydrogen-bond acceptors (Lipinski definition) is 3. The van der Waals surface area contributed by atoms with Crippen LogP contribution >= 0.6 is 0 Å². The molecule has 1 heterocycles. The molecule has 0 spiro atoms. The van der Waals surface area contributed by atoms with Crippen LogP contribution in [0.2, 0.25) is 0 Å².